The van der Waals surface area contributed by atoms with Gasteiger partial charge in [-0.2, -0.15) is 0 Å². The first kappa shape index (κ1) is 26.2. The molecule has 0 radical (unpaired) electrons. The summed E-state index contributed by atoms with van der Waals surface area (Å²) in [6, 6.07) is 20.4. The predicted octanol–water partition coefficient (Wildman–Crippen LogP) is 7.07. The third-order valence-electron chi connectivity index (χ3n) is 6.80. The second-order valence-electron chi connectivity index (χ2n) is 9.27. The molecule has 0 aliphatic carbocycles. The molecule has 0 aliphatic heterocycles. The number of pyridine rings is 1. The zero-order chi connectivity index (χ0) is 24.9. The predicted molar refractivity (Wildman–Crippen MR) is 145 cm³/mol. The quantitative estimate of drug-likeness (QED) is 0.204. The van der Waals surface area contributed by atoms with E-state index in [1.54, 1.807) is 19.2 Å². The molecule has 2 aromatic carbocycles. The number of rotatable bonds is 9. The summed E-state index contributed by atoms with van der Waals surface area (Å²) in [5, 5.41) is 0. The van der Waals surface area contributed by atoms with E-state index in [2.05, 4.69) is 91.7 Å². The lowest BCUT2D eigenvalue weighted by molar-refractivity contribution is -0.159. The van der Waals surface area contributed by atoms with Crippen molar-refractivity contribution in [3.05, 3.63) is 92.8 Å². The third kappa shape index (κ3) is 5.14. The minimum atomic E-state index is -1.35. The average molecular weight is 571 g/mol. The highest BCUT2D eigenvalue weighted by molar-refractivity contribution is 14.1. The van der Waals surface area contributed by atoms with Gasteiger partial charge in [0.05, 0.1) is 12.8 Å². The Bertz CT molecular complexity index is 1110. The van der Waals surface area contributed by atoms with Gasteiger partial charge in [-0.1, -0.05) is 58.4 Å². The molecule has 0 saturated heterocycles. The Morgan fingerprint density at radius 1 is 1.06 bits per heavy atom. The Morgan fingerprint density at radius 2 is 1.76 bits per heavy atom. The normalized spacial score (nSPS) is 14.8. The minimum absolute atomic E-state index is 0.167. The molecule has 34 heavy (non-hydrogen) atoms. The highest BCUT2D eigenvalue weighted by atomic mass is 127. The first-order valence-electron chi connectivity index (χ1n) is 11.7. The molecular weight excluding hydrogens is 537 g/mol. The van der Waals surface area contributed by atoms with Crippen LogP contribution in [-0.4, -0.2) is 18.1 Å². The highest BCUT2D eigenvalue weighted by Crippen LogP contribution is 2.42. The second kappa shape index (κ2) is 10.9. The van der Waals surface area contributed by atoms with Crippen LogP contribution in [0.25, 0.3) is 0 Å². The molecule has 0 amide bonds. The summed E-state index contributed by atoms with van der Waals surface area (Å²) in [7, 11) is 1.37. The van der Waals surface area contributed by atoms with Crippen molar-refractivity contribution in [3.63, 3.8) is 0 Å². The van der Waals surface area contributed by atoms with E-state index in [1.807, 2.05) is 18.2 Å². The van der Waals surface area contributed by atoms with Crippen LogP contribution in [0.5, 0.6) is 5.75 Å². The second-order valence-corrected chi connectivity index (χ2v) is 10.5. The number of nitrogens with zero attached hydrogens (tertiary/aromatic N) is 1. The van der Waals surface area contributed by atoms with E-state index >= 15 is 0 Å². The summed E-state index contributed by atoms with van der Waals surface area (Å²) in [5.41, 5.74) is 2.80. The standard InChI is InChI=1S/C29H34INO3/c1-7-10-21-19-24(34-29(5,27(32)33-6)26-11-8-9-18-31-26)16-17-25(21)28(4,20(2)3)22-12-14-23(30)15-13-22/h8-9,11-20H,7,10H2,1-6H3. The molecule has 0 aliphatic rings. The van der Waals surface area contributed by atoms with Crippen molar-refractivity contribution in [2.24, 2.45) is 5.92 Å². The lowest BCUT2D eigenvalue weighted by Crippen LogP contribution is -2.40. The molecular formula is C29H34INO3. The Kier molecular flexibility index (Phi) is 8.39. The number of methoxy groups -OCH3 is 1. The zero-order valence-electron chi connectivity index (χ0n) is 20.9. The molecule has 3 rings (SSSR count). The van der Waals surface area contributed by atoms with E-state index in [9.17, 15) is 4.79 Å². The maximum atomic E-state index is 12.8. The van der Waals surface area contributed by atoms with Gasteiger partial charge in [-0.15, -0.1) is 0 Å². The molecule has 0 spiro atoms. The first-order chi connectivity index (χ1) is 16.2. The number of esters is 1. The van der Waals surface area contributed by atoms with Gasteiger partial charge in [0.25, 0.3) is 0 Å². The summed E-state index contributed by atoms with van der Waals surface area (Å²) in [5.74, 6) is 0.515. The van der Waals surface area contributed by atoms with Gasteiger partial charge in [-0.3, -0.25) is 4.98 Å². The Labute approximate surface area is 217 Å². The van der Waals surface area contributed by atoms with Crippen molar-refractivity contribution < 1.29 is 14.3 Å². The first-order valence-corrected chi connectivity index (χ1v) is 12.8. The zero-order valence-corrected chi connectivity index (χ0v) is 23.0. The summed E-state index contributed by atoms with van der Waals surface area (Å²) in [6.07, 6.45) is 3.57. The van der Waals surface area contributed by atoms with Gasteiger partial charge < -0.3 is 9.47 Å². The van der Waals surface area contributed by atoms with E-state index in [0.29, 0.717) is 17.4 Å². The topological polar surface area (TPSA) is 48.4 Å². The van der Waals surface area contributed by atoms with Crippen molar-refractivity contribution in [2.45, 2.75) is 58.5 Å². The fraction of sp³-hybridized carbons (Fsp3) is 0.379. The Morgan fingerprint density at radius 3 is 2.32 bits per heavy atom. The largest absolute Gasteiger partial charge is 0.469 e. The maximum Gasteiger partial charge on any atom is 0.356 e. The smallest absolute Gasteiger partial charge is 0.356 e. The SMILES string of the molecule is CCCc1cc(OC(C)(C(=O)OC)c2ccccn2)ccc1C(C)(c1ccc(I)cc1)C(C)C. The van der Waals surface area contributed by atoms with Crippen molar-refractivity contribution in [3.8, 4) is 5.75 Å². The highest BCUT2D eigenvalue weighted by Gasteiger charge is 2.41. The lowest BCUT2D eigenvalue weighted by Gasteiger charge is -2.37. The molecule has 1 heterocycles. The van der Waals surface area contributed by atoms with Gasteiger partial charge in [0, 0.05) is 15.2 Å². The number of hydrogen-bond donors (Lipinski definition) is 0. The molecule has 0 N–H and O–H groups in total. The molecule has 2 unspecified atom stereocenters. The van der Waals surface area contributed by atoms with Crippen LogP contribution < -0.4 is 4.74 Å². The van der Waals surface area contributed by atoms with E-state index in [-0.39, 0.29) is 5.41 Å². The van der Waals surface area contributed by atoms with Crippen LogP contribution in [0.3, 0.4) is 0 Å². The van der Waals surface area contributed by atoms with Crippen molar-refractivity contribution >= 4 is 28.6 Å². The fourth-order valence-corrected chi connectivity index (χ4v) is 4.85. The van der Waals surface area contributed by atoms with Gasteiger partial charge in [0.2, 0.25) is 5.60 Å². The van der Waals surface area contributed by atoms with Crippen LogP contribution >= 0.6 is 22.6 Å². The van der Waals surface area contributed by atoms with Crippen molar-refractivity contribution in [1.29, 1.82) is 0 Å². The number of benzene rings is 2. The molecule has 2 atom stereocenters. The van der Waals surface area contributed by atoms with E-state index < -0.39 is 11.6 Å². The number of aromatic nitrogens is 1. The van der Waals surface area contributed by atoms with Crippen molar-refractivity contribution in [2.75, 3.05) is 7.11 Å². The van der Waals surface area contributed by atoms with Crippen LogP contribution in [0, 0.1) is 9.49 Å². The van der Waals surface area contributed by atoms with Crippen LogP contribution in [0.1, 0.15) is 63.4 Å². The summed E-state index contributed by atoms with van der Waals surface area (Å²) in [4.78, 5) is 17.2. The van der Waals surface area contributed by atoms with Gasteiger partial charge >= 0.3 is 5.97 Å². The lowest BCUT2D eigenvalue weighted by atomic mass is 9.67. The number of halogens is 1. The van der Waals surface area contributed by atoms with Crippen LogP contribution in [0.2, 0.25) is 0 Å². The van der Waals surface area contributed by atoms with E-state index in [1.165, 1.54) is 27.4 Å². The molecule has 5 heteroatoms. The van der Waals surface area contributed by atoms with E-state index in [0.717, 1.165) is 12.8 Å². The molecule has 1 aromatic heterocycles. The average Bonchev–Trinajstić information content (AvgIpc) is 2.84. The molecule has 0 saturated carbocycles. The number of aryl methyl sites for hydroxylation is 1. The number of ether oxygens (including phenoxy) is 2. The summed E-state index contributed by atoms with van der Waals surface area (Å²) < 4.78 is 12.7. The van der Waals surface area contributed by atoms with Gasteiger partial charge in [-0.05, 0) is 94.9 Å². The molecule has 4 nitrogen and oxygen atoms in total. The van der Waals surface area contributed by atoms with Crippen molar-refractivity contribution in [1.82, 2.24) is 4.98 Å². The Hall–Kier alpha value is -2.41. The number of carbonyl (C=O) groups is 1. The number of hydrogen-bond acceptors (Lipinski definition) is 4. The molecule has 3 aromatic rings. The number of carbonyl (C=O) groups excluding carboxylic acids is 1. The summed E-state index contributed by atoms with van der Waals surface area (Å²) in [6.45, 7) is 10.8. The molecule has 180 valence electrons. The summed E-state index contributed by atoms with van der Waals surface area (Å²) >= 11 is 2.35. The van der Waals surface area contributed by atoms with Gasteiger partial charge in [0.1, 0.15) is 5.75 Å². The third-order valence-corrected chi connectivity index (χ3v) is 7.52. The molecule has 0 fully saturated rings. The monoisotopic (exact) mass is 571 g/mol. The minimum Gasteiger partial charge on any atom is -0.469 e. The Balaban J connectivity index is 2.10. The van der Waals surface area contributed by atoms with Crippen LogP contribution in [-0.2, 0) is 27.0 Å². The fourth-order valence-electron chi connectivity index (χ4n) is 4.49. The van der Waals surface area contributed by atoms with E-state index in [4.69, 9.17) is 9.47 Å². The maximum absolute atomic E-state index is 12.8. The molecule has 0 bridgehead atoms. The van der Waals surface area contributed by atoms with Gasteiger partial charge in [-0.25, -0.2) is 4.79 Å². The van der Waals surface area contributed by atoms with Crippen LogP contribution in [0.15, 0.2) is 66.9 Å². The van der Waals surface area contributed by atoms with Crippen LogP contribution in [0.4, 0.5) is 0 Å². The van der Waals surface area contributed by atoms with Gasteiger partial charge in [0.15, 0.2) is 0 Å².